The lowest BCUT2D eigenvalue weighted by Crippen LogP contribution is -2.69. The van der Waals surface area contributed by atoms with Crippen LogP contribution in [0.4, 0.5) is 0 Å². The lowest BCUT2D eigenvalue weighted by Gasteiger charge is -2.49. The van der Waals surface area contributed by atoms with Gasteiger partial charge in [-0.3, -0.25) is 18.6 Å². The van der Waals surface area contributed by atoms with E-state index in [9.17, 15) is 75.2 Å². The van der Waals surface area contributed by atoms with E-state index >= 15 is 0 Å². The summed E-state index contributed by atoms with van der Waals surface area (Å²) in [4.78, 5) is 37.6. The highest BCUT2D eigenvalue weighted by molar-refractivity contribution is 7.47. The van der Waals surface area contributed by atoms with Crippen molar-refractivity contribution in [3.63, 3.8) is 0 Å². The highest BCUT2D eigenvalue weighted by Gasteiger charge is 2.58. The SMILES string of the molecule is CCCCCCCCCCCCCCCCCC(=O)OC[C@H](COP(=O)(O)OC1C(O[C@@H]2OC(CO)[C@H](O)C(O)[C@@H]2O)C(O)C(O)C(O)[C@H]1O[C@H]1OC(CO)[C@@H](O)C(O)[C@H]1O)OC(=O)CCCCCCCCCCCCCCCCC. The fourth-order valence-corrected chi connectivity index (χ4v) is 11.5. The quantitative estimate of drug-likeness (QED) is 0.0218. The van der Waals surface area contributed by atoms with Gasteiger partial charge < -0.3 is 89.5 Å². The molecule has 23 nitrogen and oxygen atoms in total. The summed E-state index contributed by atoms with van der Waals surface area (Å²) >= 11 is 0. The van der Waals surface area contributed by atoms with Crippen LogP contribution in [0.1, 0.15) is 219 Å². The number of rotatable bonds is 46. The predicted octanol–water partition coefficient (Wildman–Crippen LogP) is 4.93. The number of phosphoric acid groups is 1. The molecule has 3 fully saturated rings. The van der Waals surface area contributed by atoms with Crippen LogP contribution in [0.2, 0.25) is 0 Å². The molecule has 0 amide bonds. The third-order valence-corrected chi connectivity index (χ3v) is 16.7. The summed E-state index contributed by atoms with van der Waals surface area (Å²) in [7, 11) is -5.63. The standard InChI is InChI=1S/C57H107O23P/c1-3-5-7-9-11-13-15-17-19-21-23-25-27-29-31-33-42(60)73-37-39(75-43(61)34-32-30-28-26-24-22-20-18-16-14-12-10-8-6-4-2)38-74-81(71,72)80-55-53(78-56-51(69)46(64)44(62)40(35-58)76-56)49(67)48(66)50(68)54(55)79-57-52(70)47(65)45(63)41(36-59)77-57/h39-41,44-59,62-70H,3-38H2,1-2H3,(H,71,72)/t39-,40?,41?,44-,45+,46?,47?,48?,49?,50?,51-,52+,53-,54?,55?,56-,57+/m1/s1. The number of esters is 2. The molecule has 0 spiro atoms. The van der Waals surface area contributed by atoms with Gasteiger partial charge in [-0.15, -0.1) is 0 Å². The zero-order valence-electron chi connectivity index (χ0n) is 48.6. The largest absolute Gasteiger partial charge is 0.472 e. The fraction of sp³-hybridized carbons (Fsp3) is 0.965. The van der Waals surface area contributed by atoms with Crippen molar-refractivity contribution in [3.05, 3.63) is 0 Å². The Morgan fingerprint density at radius 3 is 1.09 bits per heavy atom. The van der Waals surface area contributed by atoms with Gasteiger partial charge in [0, 0.05) is 12.8 Å². The first kappa shape index (κ1) is 73.7. The monoisotopic (exact) mass is 1190 g/mol. The molecule has 0 aromatic heterocycles. The molecular formula is C57H107O23P. The Morgan fingerprint density at radius 2 is 0.741 bits per heavy atom. The van der Waals surface area contributed by atoms with Gasteiger partial charge in [-0.2, -0.15) is 0 Å². The van der Waals surface area contributed by atoms with Crippen molar-refractivity contribution >= 4 is 19.8 Å². The summed E-state index contributed by atoms with van der Waals surface area (Å²) in [6, 6.07) is 0. The number of ether oxygens (including phenoxy) is 6. The van der Waals surface area contributed by atoms with Gasteiger partial charge in [0.25, 0.3) is 0 Å². The minimum absolute atomic E-state index is 0.0246. The van der Waals surface area contributed by atoms with Crippen molar-refractivity contribution in [3.8, 4) is 0 Å². The number of phosphoric ester groups is 1. The topological polar surface area (TPSA) is 368 Å². The fourth-order valence-electron chi connectivity index (χ4n) is 10.5. The van der Waals surface area contributed by atoms with Gasteiger partial charge in [-0.05, 0) is 12.8 Å². The second kappa shape index (κ2) is 42.3. The van der Waals surface area contributed by atoms with Crippen molar-refractivity contribution in [1.29, 1.82) is 0 Å². The van der Waals surface area contributed by atoms with E-state index in [-0.39, 0.29) is 12.8 Å². The van der Waals surface area contributed by atoms with E-state index in [0.29, 0.717) is 12.8 Å². The van der Waals surface area contributed by atoms with Crippen LogP contribution in [0.5, 0.6) is 0 Å². The first-order valence-electron chi connectivity index (χ1n) is 30.9. The Balaban J connectivity index is 1.68. The van der Waals surface area contributed by atoms with Crippen molar-refractivity contribution < 1.29 is 113 Å². The van der Waals surface area contributed by atoms with Crippen LogP contribution in [0.25, 0.3) is 0 Å². The number of aliphatic hydroxyl groups is 11. The summed E-state index contributed by atoms with van der Waals surface area (Å²) in [5.74, 6) is -1.32. The third-order valence-electron chi connectivity index (χ3n) is 15.7. The van der Waals surface area contributed by atoms with Gasteiger partial charge in [-0.1, -0.05) is 194 Å². The molecule has 1 aliphatic carbocycles. The Morgan fingerprint density at radius 1 is 0.420 bits per heavy atom. The lowest BCUT2D eigenvalue weighted by molar-refractivity contribution is -0.360. The molecule has 3 rings (SSSR count). The first-order valence-corrected chi connectivity index (χ1v) is 32.4. The number of hydrogen-bond acceptors (Lipinski definition) is 22. The highest BCUT2D eigenvalue weighted by atomic mass is 31.2. The Bertz CT molecular complexity index is 1610. The molecule has 0 radical (unpaired) electrons. The summed E-state index contributed by atoms with van der Waals surface area (Å²) in [5, 5.41) is 117. The Labute approximate surface area is 480 Å². The van der Waals surface area contributed by atoms with E-state index in [1.165, 1.54) is 122 Å². The van der Waals surface area contributed by atoms with Crippen LogP contribution in [0, 0.1) is 0 Å². The number of unbranched alkanes of at least 4 members (excludes halogenated alkanes) is 28. The minimum atomic E-state index is -5.63. The van der Waals surface area contributed by atoms with Gasteiger partial charge in [0.1, 0.15) is 92.1 Å². The van der Waals surface area contributed by atoms with E-state index in [1.54, 1.807) is 0 Å². The maximum Gasteiger partial charge on any atom is 0.472 e. The second-order valence-corrected chi connectivity index (χ2v) is 24.0. The van der Waals surface area contributed by atoms with Crippen molar-refractivity contribution in [2.24, 2.45) is 0 Å². The van der Waals surface area contributed by atoms with Gasteiger partial charge in [0.05, 0.1) is 19.8 Å². The predicted molar refractivity (Wildman–Crippen MR) is 296 cm³/mol. The van der Waals surface area contributed by atoms with Gasteiger partial charge in [0.15, 0.2) is 18.7 Å². The summed E-state index contributed by atoms with van der Waals surface area (Å²) in [6.07, 6.45) is -0.726. The minimum Gasteiger partial charge on any atom is -0.462 e. The number of carbonyl (C=O) groups excluding carboxylic acids is 2. The van der Waals surface area contributed by atoms with E-state index in [1.807, 2.05) is 0 Å². The van der Waals surface area contributed by atoms with Crippen molar-refractivity contribution in [2.45, 2.75) is 323 Å². The maximum absolute atomic E-state index is 14.0. The molecule has 2 aliphatic heterocycles. The molecule has 478 valence electrons. The molecular weight excluding hydrogens is 1080 g/mol. The molecule has 81 heavy (non-hydrogen) atoms. The smallest absolute Gasteiger partial charge is 0.462 e. The first-order chi connectivity index (χ1) is 38.9. The third kappa shape index (κ3) is 27.8. The van der Waals surface area contributed by atoms with Crippen LogP contribution in [-0.2, 0) is 51.6 Å². The molecule has 2 saturated heterocycles. The highest BCUT2D eigenvalue weighted by Crippen LogP contribution is 2.49. The lowest BCUT2D eigenvalue weighted by atomic mass is 9.84. The van der Waals surface area contributed by atoms with Gasteiger partial charge >= 0.3 is 19.8 Å². The Hall–Kier alpha value is -1.55. The molecule has 12 N–H and O–H groups in total. The average Bonchev–Trinajstić information content (AvgIpc) is 3.48. The second-order valence-electron chi connectivity index (χ2n) is 22.6. The van der Waals surface area contributed by atoms with Crippen LogP contribution in [0.15, 0.2) is 0 Å². The molecule has 0 bridgehead atoms. The van der Waals surface area contributed by atoms with Crippen LogP contribution in [0.3, 0.4) is 0 Å². The molecule has 24 heteroatoms. The van der Waals surface area contributed by atoms with E-state index in [4.69, 9.17) is 37.5 Å². The van der Waals surface area contributed by atoms with E-state index in [2.05, 4.69) is 13.8 Å². The molecule has 1 saturated carbocycles. The van der Waals surface area contributed by atoms with Gasteiger partial charge in [-0.25, -0.2) is 4.57 Å². The molecule has 0 aromatic rings. The van der Waals surface area contributed by atoms with Crippen LogP contribution >= 0.6 is 7.82 Å². The zero-order valence-corrected chi connectivity index (χ0v) is 49.5. The summed E-state index contributed by atoms with van der Waals surface area (Å²) in [5.41, 5.74) is 0. The number of aliphatic hydroxyl groups excluding tert-OH is 11. The summed E-state index contributed by atoms with van der Waals surface area (Å²) < 4.78 is 58.2. The summed E-state index contributed by atoms with van der Waals surface area (Å²) in [6.45, 7) is 1.04. The molecule has 3 aliphatic rings. The van der Waals surface area contributed by atoms with E-state index < -0.39 is 150 Å². The molecule has 10 unspecified atom stereocenters. The normalized spacial score (nSPS) is 30.9. The molecule has 2 heterocycles. The van der Waals surface area contributed by atoms with Crippen molar-refractivity contribution in [2.75, 3.05) is 26.4 Å². The number of carbonyl (C=O) groups is 2. The molecule has 18 atom stereocenters. The molecule has 0 aromatic carbocycles. The average molecular weight is 1190 g/mol. The van der Waals surface area contributed by atoms with Gasteiger partial charge in [0.2, 0.25) is 0 Å². The maximum atomic E-state index is 14.0. The van der Waals surface area contributed by atoms with Crippen LogP contribution in [-0.4, -0.2) is 204 Å². The Kier molecular flexibility index (Phi) is 38.5. The van der Waals surface area contributed by atoms with Crippen LogP contribution < -0.4 is 0 Å². The number of hydrogen-bond donors (Lipinski definition) is 12. The van der Waals surface area contributed by atoms with E-state index in [0.717, 1.165) is 57.8 Å². The van der Waals surface area contributed by atoms with Crippen molar-refractivity contribution in [1.82, 2.24) is 0 Å². The zero-order chi connectivity index (χ0) is 59.6.